The molecular formula is C16H23N3O. The van der Waals surface area contributed by atoms with Crippen LogP contribution < -0.4 is 5.32 Å². The number of benzene rings is 1. The van der Waals surface area contributed by atoms with Crippen molar-refractivity contribution in [3.05, 3.63) is 48.0 Å². The molecule has 0 aliphatic heterocycles. The molecule has 4 nitrogen and oxygen atoms in total. The standard InChI is InChI=1S/C16H23N3O/c1-14-18-13-16(12-17-10-6-7-11-20-2)19(14)15-8-4-3-5-9-15/h3-5,8-9,13,17H,6-7,10-12H2,1-2H3. The lowest BCUT2D eigenvalue weighted by atomic mass is 10.3. The van der Waals surface area contributed by atoms with Crippen LogP contribution in [0, 0.1) is 6.92 Å². The minimum atomic E-state index is 0.836. The zero-order valence-corrected chi connectivity index (χ0v) is 12.3. The van der Waals surface area contributed by atoms with Crippen LogP contribution in [0.2, 0.25) is 0 Å². The van der Waals surface area contributed by atoms with Gasteiger partial charge in [-0.1, -0.05) is 18.2 Å². The van der Waals surface area contributed by atoms with Crippen LogP contribution in [-0.4, -0.2) is 29.8 Å². The Hall–Kier alpha value is -1.65. The van der Waals surface area contributed by atoms with Crippen LogP contribution in [0.25, 0.3) is 5.69 Å². The summed E-state index contributed by atoms with van der Waals surface area (Å²) < 4.78 is 7.24. The van der Waals surface area contributed by atoms with E-state index in [0.29, 0.717) is 0 Å². The number of hydrogen-bond donors (Lipinski definition) is 1. The number of aromatic nitrogens is 2. The summed E-state index contributed by atoms with van der Waals surface area (Å²) in [6.45, 7) is 4.71. The highest BCUT2D eigenvalue weighted by Crippen LogP contribution is 2.14. The first-order chi connectivity index (χ1) is 9.83. The number of para-hydroxylation sites is 1. The van der Waals surface area contributed by atoms with Crippen molar-refractivity contribution >= 4 is 0 Å². The highest BCUT2D eigenvalue weighted by molar-refractivity contribution is 5.35. The lowest BCUT2D eigenvalue weighted by molar-refractivity contribution is 0.192. The fourth-order valence-electron chi connectivity index (χ4n) is 2.26. The highest BCUT2D eigenvalue weighted by Gasteiger charge is 2.07. The number of hydrogen-bond acceptors (Lipinski definition) is 3. The molecule has 20 heavy (non-hydrogen) atoms. The van der Waals surface area contributed by atoms with Crippen molar-refractivity contribution < 1.29 is 4.74 Å². The molecule has 0 bridgehead atoms. The lowest BCUT2D eigenvalue weighted by Gasteiger charge is -2.11. The maximum atomic E-state index is 5.05. The van der Waals surface area contributed by atoms with E-state index in [0.717, 1.165) is 38.4 Å². The van der Waals surface area contributed by atoms with Gasteiger partial charge in [0.25, 0.3) is 0 Å². The van der Waals surface area contributed by atoms with Gasteiger partial charge in [0.2, 0.25) is 0 Å². The van der Waals surface area contributed by atoms with Crippen LogP contribution in [0.15, 0.2) is 36.5 Å². The second kappa shape index (κ2) is 7.82. The molecule has 0 saturated heterocycles. The summed E-state index contributed by atoms with van der Waals surface area (Å²) in [6.07, 6.45) is 4.18. The molecule has 2 rings (SSSR count). The van der Waals surface area contributed by atoms with E-state index >= 15 is 0 Å². The molecule has 0 unspecified atom stereocenters. The van der Waals surface area contributed by atoms with Gasteiger partial charge >= 0.3 is 0 Å². The third kappa shape index (κ3) is 3.92. The van der Waals surface area contributed by atoms with Crippen LogP contribution in [0.3, 0.4) is 0 Å². The normalized spacial score (nSPS) is 10.9. The maximum absolute atomic E-state index is 5.05. The smallest absolute Gasteiger partial charge is 0.110 e. The summed E-state index contributed by atoms with van der Waals surface area (Å²) >= 11 is 0. The molecule has 0 spiro atoms. The molecule has 108 valence electrons. The molecule has 0 fully saturated rings. The summed E-state index contributed by atoms with van der Waals surface area (Å²) in [5.74, 6) is 1.02. The van der Waals surface area contributed by atoms with E-state index in [9.17, 15) is 0 Å². The van der Waals surface area contributed by atoms with Crippen LogP contribution in [0.1, 0.15) is 24.4 Å². The fourth-order valence-corrected chi connectivity index (χ4v) is 2.26. The fraction of sp³-hybridized carbons (Fsp3) is 0.438. The van der Waals surface area contributed by atoms with Crippen molar-refractivity contribution in [3.8, 4) is 5.69 Å². The maximum Gasteiger partial charge on any atom is 0.110 e. The molecule has 0 saturated carbocycles. The van der Waals surface area contributed by atoms with Crippen molar-refractivity contribution in [1.29, 1.82) is 0 Å². The molecular weight excluding hydrogens is 250 g/mol. The van der Waals surface area contributed by atoms with Crippen molar-refractivity contribution in [2.45, 2.75) is 26.3 Å². The summed E-state index contributed by atoms with van der Waals surface area (Å²) in [5, 5.41) is 3.47. The number of unbranched alkanes of at least 4 members (excludes halogenated alkanes) is 1. The van der Waals surface area contributed by atoms with E-state index in [1.165, 1.54) is 11.4 Å². The largest absolute Gasteiger partial charge is 0.385 e. The van der Waals surface area contributed by atoms with Gasteiger partial charge in [-0.25, -0.2) is 4.98 Å². The molecule has 0 aliphatic carbocycles. The van der Waals surface area contributed by atoms with E-state index in [4.69, 9.17) is 4.74 Å². The first-order valence-electron chi connectivity index (χ1n) is 7.11. The number of aryl methyl sites for hydroxylation is 1. The second-order valence-electron chi connectivity index (χ2n) is 4.84. The number of imidazole rings is 1. The van der Waals surface area contributed by atoms with E-state index in [1.807, 2.05) is 19.2 Å². The average Bonchev–Trinajstić information content (AvgIpc) is 2.84. The third-order valence-corrected chi connectivity index (χ3v) is 3.28. The average molecular weight is 273 g/mol. The highest BCUT2D eigenvalue weighted by atomic mass is 16.5. The van der Waals surface area contributed by atoms with Crippen molar-refractivity contribution in [2.24, 2.45) is 0 Å². The van der Waals surface area contributed by atoms with Gasteiger partial charge in [-0.3, -0.25) is 4.57 Å². The van der Waals surface area contributed by atoms with E-state index < -0.39 is 0 Å². The molecule has 4 heteroatoms. The molecule has 0 amide bonds. The SMILES string of the molecule is COCCCCNCc1cnc(C)n1-c1ccccc1. The molecule has 1 aromatic carbocycles. The van der Waals surface area contributed by atoms with Gasteiger partial charge in [0.05, 0.1) is 11.9 Å². The molecule has 1 aromatic heterocycles. The zero-order valence-electron chi connectivity index (χ0n) is 12.3. The minimum absolute atomic E-state index is 0.836. The van der Waals surface area contributed by atoms with E-state index in [-0.39, 0.29) is 0 Å². The van der Waals surface area contributed by atoms with Crippen LogP contribution in [0.5, 0.6) is 0 Å². The first-order valence-corrected chi connectivity index (χ1v) is 7.11. The lowest BCUT2D eigenvalue weighted by Crippen LogP contribution is -2.17. The Bertz CT molecular complexity index is 508. The van der Waals surface area contributed by atoms with Gasteiger partial charge < -0.3 is 10.1 Å². The Kier molecular flexibility index (Phi) is 5.77. The topological polar surface area (TPSA) is 39.1 Å². The predicted molar refractivity (Wildman–Crippen MR) is 81.1 cm³/mol. The van der Waals surface area contributed by atoms with Gasteiger partial charge in [0.15, 0.2) is 0 Å². The van der Waals surface area contributed by atoms with Crippen LogP contribution >= 0.6 is 0 Å². The molecule has 0 atom stereocenters. The third-order valence-electron chi connectivity index (χ3n) is 3.28. The summed E-state index contributed by atoms with van der Waals surface area (Å²) in [6, 6.07) is 10.4. The Balaban J connectivity index is 1.93. The number of nitrogens with one attached hydrogen (secondary N) is 1. The van der Waals surface area contributed by atoms with Crippen molar-refractivity contribution in [2.75, 3.05) is 20.3 Å². The number of rotatable bonds is 8. The quantitative estimate of drug-likeness (QED) is 0.752. The predicted octanol–water partition coefficient (Wildman–Crippen LogP) is 2.70. The van der Waals surface area contributed by atoms with Gasteiger partial charge in [-0.15, -0.1) is 0 Å². The number of ether oxygens (including phenoxy) is 1. The molecule has 0 radical (unpaired) electrons. The molecule has 1 heterocycles. The van der Waals surface area contributed by atoms with Gasteiger partial charge in [0.1, 0.15) is 5.82 Å². The zero-order chi connectivity index (χ0) is 14.2. The first kappa shape index (κ1) is 14.8. The van der Waals surface area contributed by atoms with Gasteiger partial charge in [-0.05, 0) is 38.4 Å². The summed E-state index contributed by atoms with van der Waals surface area (Å²) in [7, 11) is 1.74. The molecule has 2 aromatic rings. The van der Waals surface area contributed by atoms with E-state index in [1.54, 1.807) is 7.11 Å². The Labute approximate surface area is 120 Å². The van der Waals surface area contributed by atoms with Gasteiger partial charge in [-0.2, -0.15) is 0 Å². The summed E-state index contributed by atoms with van der Waals surface area (Å²) in [4.78, 5) is 4.42. The minimum Gasteiger partial charge on any atom is -0.385 e. The van der Waals surface area contributed by atoms with Crippen LogP contribution in [-0.2, 0) is 11.3 Å². The Morgan fingerprint density at radius 3 is 2.75 bits per heavy atom. The number of nitrogens with zero attached hydrogens (tertiary/aromatic N) is 2. The Morgan fingerprint density at radius 2 is 2.00 bits per heavy atom. The molecule has 0 aliphatic rings. The van der Waals surface area contributed by atoms with E-state index in [2.05, 4.69) is 39.1 Å². The summed E-state index contributed by atoms with van der Waals surface area (Å²) in [5.41, 5.74) is 2.36. The van der Waals surface area contributed by atoms with Gasteiger partial charge in [0, 0.05) is 25.9 Å². The number of methoxy groups -OCH3 is 1. The second-order valence-corrected chi connectivity index (χ2v) is 4.84. The monoisotopic (exact) mass is 273 g/mol. The Morgan fingerprint density at radius 1 is 1.20 bits per heavy atom. The van der Waals surface area contributed by atoms with Crippen molar-refractivity contribution in [1.82, 2.24) is 14.9 Å². The van der Waals surface area contributed by atoms with Crippen molar-refractivity contribution in [3.63, 3.8) is 0 Å². The molecule has 1 N–H and O–H groups in total. The van der Waals surface area contributed by atoms with Crippen LogP contribution in [0.4, 0.5) is 0 Å².